The molecule has 1 amide bonds. The quantitative estimate of drug-likeness (QED) is 0.490. The number of quaternary nitrogens is 1. The molecule has 1 fully saturated rings. The Kier molecular flexibility index (Phi) is 3.34. The zero-order valence-electron chi connectivity index (χ0n) is 8.32. The van der Waals surface area contributed by atoms with Crippen molar-refractivity contribution in [1.29, 1.82) is 0 Å². The number of carbonyl (C=O) groups excluding carboxylic acids is 1. The van der Waals surface area contributed by atoms with Crippen molar-refractivity contribution in [3.05, 3.63) is 24.6 Å². The van der Waals surface area contributed by atoms with E-state index in [1.54, 1.807) is 0 Å². The fourth-order valence-corrected chi connectivity index (χ4v) is 1.86. The standard InChI is InChI=1S/C10H15N2O.ClH/c1-12(7-2-3-8-12)9-11-6-4-5-10(11)13;/h2-3,7-8H,4-6,9H2,1H3;1H/q+1;/p-1. The van der Waals surface area contributed by atoms with Crippen LogP contribution in [0.4, 0.5) is 0 Å². The van der Waals surface area contributed by atoms with E-state index >= 15 is 0 Å². The smallest absolute Gasteiger partial charge is 0.226 e. The van der Waals surface area contributed by atoms with E-state index in [0.29, 0.717) is 5.91 Å². The lowest BCUT2D eigenvalue weighted by Crippen LogP contribution is -3.00. The first-order valence-electron chi connectivity index (χ1n) is 4.69. The summed E-state index contributed by atoms with van der Waals surface area (Å²) in [6, 6.07) is 0. The molecule has 78 valence electrons. The van der Waals surface area contributed by atoms with Gasteiger partial charge in [0.15, 0.2) is 6.67 Å². The van der Waals surface area contributed by atoms with Crippen LogP contribution in [0, 0.1) is 0 Å². The Balaban J connectivity index is 0.000000980. The van der Waals surface area contributed by atoms with Crippen LogP contribution in [0.15, 0.2) is 24.6 Å². The highest BCUT2D eigenvalue weighted by molar-refractivity contribution is 5.77. The maximum atomic E-state index is 11.4. The van der Waals surface area contributed by atoms with Crippen molar-refractivity contribution >= 4 is 5.91 Å². The summed E-state index contributed by atoms with van der Waals surface area (Å²) in [7, 11) is 2.10. The van der Waals surface area contributed by atoms with Crippen molar-refractivity contribution in [3.63, 3.8) is 0 Å². The third kappa shape index (κ3) is 2.16. The van der Waals surface area contributed by atoms with Crippen LogP contribution in [0.3, 0.4) is 0 Å². The first-order chi connectivity index (χ1) is 6.20. The van der Waals surface area contributed by atoms with Crippen LogP contribution in [0.25, 0.3) is 0 Å². The molecule has 14 heavy (non-hydrogen) atoms. The zero-order chi connectivity index (χ0) is 9.31. The monoisotopic (exact) mass is 214 g/mol. The lowest BCUT2D eigenvalue weighted by atomic mass is 10.4. The summed E-state index contributed by atoms with van der Waals surface area (Å²) in [5.41, 5.74) is 0. The molecular weight excluding hydrogens is 200 g/mol. The van der Waals surface area contributed by atoms with Crippen LogP contribution in [0.5, 0.6) is 0 Å². The van der Waals surface area contributed by atoms with Crippen LogP contribution < -0.4 is 12.4 Å². The summed E-state index contributed by atoms with van der Waals surface area (Å²) in [6.07, 6.45) is 10.0. The molecule has 4 heteroatoms. The van der Waals surface area contributed by atoms with Crippen LogP contribution in [-0.4, -0.2) is 35.6 Å². The van der Waals surface area contributed by atoms with Crippen molar-refractivity contribution in [2.45, 2.75) is 12.8 Å². The van der Waals surface area contributed by atoms with E-state index in [4.69, 9.17) is 0 Å². The summed E-state index contributed by atoms with van der Waals surface area (Å²) in [5, 5.41) is 0. The fraction of sp³-hybridized carbons (Fsp3) is 0.500. The highest BCUT2D eigenvalue weighted by atomic mass is 35.5. The van der Waals surface area contributed by atoms with Gasteiger partial charge in [-0.1, -0.05) is 0 Å². The Bertz CT molecular complexity index is 274. The van der Waals surface area contributed by atoms with Gasteiger partial charge in [0.05, 0.1) is 7.05 Å². The molecule has 1 saturated heterocycles. The normalized spacial score (nSPS) is 22.9. The van der Waals surface area contributed by atoms with Gasteiger partial charge >= 0.3 is 0 Å². The molecule has 2 heterocycles. The maximum Gasteiger partial charge on any atom is 0.226 e. The summed E-state index contributed by atoms with van der Waals surface area (Å²) >= 11 is 0. The third-order valence-electron chi connectivity index (χ3n) is 2.61. The largest absolute Gasteiger partial charge is 1.00 e. The first kappa shape index (κ1) is 11.3. The molecule has 0 saturated carbocycles. The second-order valence-corrected chi connectivity index (χ2v) is 3.93. The van der Waals surface area contributed by atoms with Crippen LogP contribution >= 0.6 is 0 Å². The van der Waals surface area contributed by atoms with E-state index in [2.05, 4.69) is 19.4 Å². The number of allylic oxidation sites excluding steroid dienone is 2. The molecule has 2 rings (SSSR count). The molecule has 2 aliphatic rings. The highest BCUT2D eigenvalue weighted by Crippen LogP contribution is 2.17. The molecule has 0 spiro atoms. The Morgan fingerprint density at radius 3 is 2.57 bits per heavy atom. The van der Waals surface area contributed by atoms with E-state index in [-0.39, 0.29) is 12.4 Å². The van der Waals surface area contributed by atoms with E-state index in [0.717, 1.165) is 30.5 Å². The van der Waals surface area contributed by atoms with E-state index in [1.807, 2.05) is 17.1 Å². The first-order valence-corrected chi connectivity index (χ1v) is 4.69. The molecule has 0 unspecified atom stereocenters. The van der Waals surface area contributed by atoms with Gasteiger partial charge in [0.25, 0.3) is 0 Å². The summed E-state index contributed by atoms with van der Waals surface area (Å²) < 4.78 is 0.728. The summed E-state index contributed by atoms with van der Waals surface area (Å²) in [4.78, 5) is 13.3. The molecular formula is C10H15ClN2O. The Labute approximate surface area is 90.7 Å². The third-order valence-corrected chi connectivity index (χ3v) is 2.61. The number of halogens is 1. The Hall–Kier alpha value is -0.800. The maximum absolute atomic E-state index is 11.4. The van der Waals surface area contributed by atoms with Crippen LogP contribution in [0.2, 0.25) is 0 Å². The fourth-order valence-electron chi connectivity index (χ4n) is 1.86. The molecule has 0 bridgehead atoms. The number of hydrogen-bond donors (Lipinski definition) is 0. The predicted octanol–water partition coefficient (Wildman–Crippen LogP) is -1.94. The Morgan fingerprint density at radius 2 is 2.07 bits per heavy atom. The summed E-state index contributed by atoms with van der Waals surface area (Å²) in [6.45, 7) is 1.71. The molecule has 0 radical (unpaired) electrons. The lowest BCUT2D eigenvalue weighted by Gasteiger charge is -2.28. The number of amides is 1. The summed E-state index contributed by atoms with van der Waals surface area (Å²) in [5.74, 6) is 0.299. The van der Waals surface area contributed by atoms with Crippen molar-refractivity contribution in [1.82, 2.24) is 4.90 Å². The number of nitrogens with zero attached hydrogens (tertiary/aromatic N) is 2. The minimum Gasteiger partial charge on any atom is -1.00 e. The molecule has 2 aliphatic heterocycles. The molecule has 0 N–H and O–H groups in total. The number of hydrogen-bond acceptors (Lipinski definition) is 1. The second kappa shape index (κ2) is 4.15. The zero-order valence-corrected chi connectivity index (χ0v) is 9.07. The predicted molar refractivity (Wildman–Crippen MR) is 50.3 cm³/mol. The van der Waals surface area contributed by atoms with Gasteiger partial charge in [-0.2, -0.15) is 0 Å². The average molecular weight is 215 g/mol. The van der Waals surface area contributed by atoms with E-state index < -0.39 is 0 Å². The van der Waals surface area contributed by atoms with E-state index in [1.165, 1.54) is 0 Å². The van der Waals surface area contributed by atoms with Gasteiger partial charge < -0.3 is 12.4 Å². The molecule has 0 atom stereocenters. The van der Waals surface area contributed by atoms with Gasteiger partial charge in [0, 0.05) is 13.0 Å². The minimum atomic E-state index is 0. The van der Waals surface area contributed by atoms with Gasteiger partial charge in [-0.05, 0) is 18.6 Å². The number of carbonyl (C=O) groups is 1. The minimum absolute atomic E-state index is 0. The van der Waals surface area contributed by atoms with Crippen LogP contribution in [0.1, 0.15) is 12.8 Å². The van der Waals surface area contributed by atoms with Crippen molar-refractivity contribution < 1.29 is 21.7 Å². The van der Waals surface area contributed by atoms with Gasteiger partial charge in [-0.3, -0.25) is 14.2 Å². The molecule has 0 aromatic carbocycles. The topological polar surface area (TPSA) is 20.3 Å². The highest BCUT2D eigenvalue weighted by Gasteiger charge is 2.28. The number of likely N-dealkylation sites (tertiary alicyclic amines) is 1. The van der Waals surface area contributed by atoms with Gasteiger partial charge in [0.1, 0.15) is 12.4 Å². The second-order valence-electron chi connectivity index (χ2n) is 3.93. The van der Waals surface area contributed by atoms with Gasteiger partial charge in [-0.25, -0.2) is 0 Å². The Morgan fingerprint density at radius 1 is 1.43 bits per heavy atom. The lowest BCUT2D eigenvalue weighted by molar-refractivity contribution is -0.814. The molecule has 3 nitrogen and oxygen atoms in total. The molecule has 0 aliphatic carbocycles. The van der Waals surface area contributed by atoms with Gasteiger partial charge in [0.2, 0.25) is 5.91 Å². The SMILES string of the molecule is C[N+]1(CN2CCCC2=O)C=CC=C1.[Cl-]. The van der Waals surface area contributed by atoms with Gasteiger partial charge in [-0.15, -0.1) is 0 Å². The van der Waals surface area contributed by atoms with Crippen LogP contribution in [-0.2, 0) is 4.79 Å². The average Bonchev–Trinajstić information content (AvgIpc) is 2.64. The van der Waals surface area contributed by atoms with Crippen molar-refractivity contribution in [2.75, 3.05) is 20.3 Å². The van der Waals surface area contributed by atoms with Crippen molar-refractivity contribution in [3.8, 4) is 0 Å². The van der Waals surface area contributed by atoms with E-state index in [9.17, 15) is 4.79 Å². The van der Waals surface area contributed by atoms with Crippen molar-refractivity contribution in [2.24, 2.45) is 0 Å². The number of rotatable bonds is 2. The molecule has 0 aromatic heterocycles. The molecule has 0 aromatic rings.